The van der Waals surface area contributed by atoms with E-state index in [0.717, 1.165) is 18.5 Å². The lowest BCUT2D eigenvalue weighted by molar-refractivity contribution is 0.0943. The third kappa shape index (κ3) is 4.38. The van der Waals surface area contributed by atoms with Gasteiger partial charge in [0.05, 0.1) is 5.69 Å². The number of hydrogen-bond donors (Lipinski definition) is 1. The molecule has 1 amide bonds. The number of aryl methyl sites for hydroxylation is 2. The average Bonchev–Trinajstić information content (AvgIpc) is 2.63. The highest BCUT2D eigenvalue weighted by molar-refractivity contribution is 6.18. The summed E-state index contributed by atoms with van der Waals surface area (Å²) in [4.78, 5) is 11.8. The third-order valence-electron chi connectivity index (χ3n) is 2.66. The van der Waals surface area contributed by atoms with E-state index in [4.69, 9.17) is 11.6 Å². The molecule has 1 aromatic heterocycles. The van der Waals surface area contributed by atoms with Crippen LogP contribution in [0.15, 0.2) is 6.07 Å². The van der Waals surface area contributed by atoms with Gasteiger partial charge in [0.2, 0.25) is 0 Å². The maximum Gasteiger partial charge on any atom is 0.269 e. The Kier molecular flexibility index (Phi) is 5.48. The predicted molar refractivity (Wildman–Crippen MR) is 69.4 cm³/mol. The fourth-order valence-corrected chi connectivity index (χ4v) is 1.80. The van der Waals surface area contributed by atoms with Gasteiger partial charge in [-0.25, -0.2) is 0 Å². The quantitative estimate of drug-likeness (QED) is 0.627. The third-order valence-corrected chi connectivity index (χ3v) is 3.18. The predicted octanol–water partition coefficient (Wildman–Crippen LogP) is 2.11. The topological polar surface area (TPSA) is 46.9 Å². The first-order valence-electron chi connectivity index (χ1n) is 5.89. The Bertz CT molecular complexity index is 376. The van der Waals surface area contributed by atoms with Crippen LogP contribution in [0, 0.1) is 12.8 Å². The fourth-order valence-electron chi connectivity index (χ4n) is 1.64. The Hall–Kier alpha value is -1.03. The molecule has 0 saturated carbocycles. The minimum absolute atomic E-state index is 0.0633. The van der Waals surface area contributed by atoms with E-state index in [2.05, 4.69) is 17.3 Å². The summed E-state index contributed by atoms with van der Waals surface area (Å²) < 4.78 is 1.60. The second-order valence-electron chi connectivity index (χ2n) is 4.45. The van der Waals surface area contributed by atoms with Crippen molar-refractivity contribution in [3.05, 3.63) is 17.5 Å². The van der Waals surface area contributed by atoms with Crippen LogP contribution >= 0.6 is 11.6 Å². The van der Waals surface area contributed by atoms with E-state index >= 15 is 0 Å². The van der Waals surface area contributed by atoms with E-state index in [9.17, 15) is 4.79 Å². The molecule has 1 rings (SSSR count). The molecule has 4 nitrogen and oxygen atoms in total. The zero-order chi connectivity index (χ0) is 12.8. The molecule has 1 N–H and O–H groups in total. The molecule has 0 fully saturated rings. The number of alkyl halides is 1. The SMILES string of the molecule is Cc1cc(C(=O)NCCCC(C)CCl)n(C)n1. The smallest absolute Gasteiger partial charge is 0.269 e. The monoisotopic (exact) mass is 257 g/mol. The lowest BCUT2D eigenvalue weighted by Gasteiger charge is -2.08. The van der Waals surface area contributed by atoms with Crippen LogP contribution in [0.4, 0.5) is 0 Å². The highest BCUT2D eigenvalue weighted by Crippen LogP contribution is 2.06. The van der Waals surface area contributed by atoms with E-state index in [0.29, 0.717) is 24.0 Å². The van der Waals surface area contributed by atoms with Gasteiger partial charge in [-0.1, -0.05) is 6.92 Å². The summed E-state index contributed by atoms with van der Waals surface area (Å²) in [5.74, 6) is 1.12. The number of nitrogens with zero attached hydrogens (tertiary/aromatic N) is 2. The molecule has 5 heteroatoms. The summed E-state index contributed by atoms with van der Waals surface area (Å²) in [6, 6.07) is 1.79. The van der Waals surface area contributed by atoms with E-state index in [-0.39, 0.29) is 5.91 Å². The van der Waals surface area contributed by atoms with Crippen molar-refractivity contribution >= 4 is 17.5 Å². The molecular formula is C12H20ClN3O. The lowest BCUT2D eigenvalue weighted by atomic mass is 10.1. The standard InChI is InChI=1S/C12H20ClN3O/c1-9(8-13)5-4-6-14-12(17)11-7-10(2)15-16(11)3/h7,9H,4-6,8H2,1-3H3,(H,14,17). The number of hydrogen-bond acceptors (Lipinski definition) is 2. The van der Waals surface area contributed by atoms with E-state index < -0.39 is 0 Å². The van der Waals surface area contributed by atoms with Gasteiger partial charge in [0.25, 0.3) is 5.91 Å². The molecule has 0 radical (unpaired) electrons. The van der Waals surface area contributed by atoms with Gasteiger partial charge in [0.15, 0.2) is 0 Å². The molecule has 0 saturated heterocycles. The molecule has 0 spiro atoms. The molecule has 96 valence electrons. The van der Waals surface area contributed by atoms with Crippen LogP contribution in [-0.4, -0.2) is 28.1 Å². The number of rotatable bonds is 6. The summed E-state index contributed by atoms with van der Waals surface area (Å²) in [5.41, 5.74) is 1.46. The van der Waals surface area contributed by atoms with Crippen molar-refractivity contribution in [1.29, 1.82) is 0 Å². The van der Waals surface area contributed by atoms with Crippen molar-refractivity contribution in [2.75, 3.05) is 12.4 Å². The molecule has 1 atom stereocenters. The van der Waals surface area contributed by atoms with Crippen LogP contribution < -0.4 is 5.32 Å². The normalized spacial score (nSPS) is 12.5. The zero-order valence-corrected chi connectivity index (χ0v) is 11.4. The Morgan fingerprint density at radius 1 is 1.65 bits per heavy atom. The summed E-state index contributed by atoms with van der Waals surface area (Å²) in [7, 11) is 1.78. The molecule has 17 heavy (non-hydrogen) atoms. The van der Waals surface area contributed by atoms with Crippen molar-refractivity contribution in [3.8, 4) is 0 Å². The van der Waals surface area contributed by atoms with Crippen LogP contribution in [0.1, 0.15) is 35.9 Å². The molecule has 0 bridgehead atoms. The maximum absolute atomic E-state index is 11.8. The Balaban J connectivity index is 2.33. The summed E-state index contributed by atoms with van der Waals surface area (Å²) in [5, 5.41) is 7.03. The lowest BCUT2D eigenvalue weighted by Crippen LogP contribution is -2.26. The van der Waals surface area contributed by atoms with Crippen molar-refractivity contribution in [2.45, 2.75) is 26.7 Å². The number of carbonyl (C=O) groups is 1. The molecule has 0 aliphatic heterocycles. The minimum atomic E-state index is -0.0633. The molecule has 0 aromatic carbocycles. The highest BCUT2D eigenvalue weighted by atomic mass is 35.5. The van der Waals surface area contributed by atoms with Gasteiger partial charge in [-0.15, -0.1) is 11.6 Å². The van der Waals surface area contributed by atoms with Gasteiger partial charge in [-0.2, -0.15) is 5.10 Å². The van der Waals surface area contributed by atoms with Crippen LogP contribution in [0.3, 0.4) is 0 Å². The molecule has 0 aliphatic rings. The molecular weight excluding hydrogens is 238 g/mol. The minimum Gasteiger partial charge on any atom is -0.351 e. The first kappa shape index (κ1) is 14.0. The molecule has 1 aromatic rings. The number of carbonyl (C=O) groups excluding carboxylic acids is 1. The first-order valence-corrected chi connectivity index (χ1v) is 6.43. The Morgan fingerprint density at radius 2 is 2.35 bits per heavy atom. The highest BCUT2D eigenvalue weighted by Gasteiger charge is 2.10. The van der Waals surface area contributed by atoms with Crippen molar-refractivity contribution in [1.82, 2.24) is 15.1 Å². The van der Waals surface area contributed by atoms with Crippen molar-refractivity contribution in [2.24, 2.45) is 13.0 Å². The van der Waals surface area contributed by atoms with Crippen molar-refractivity contribution in [3.63, 3.8) is 0 Å². The Morgan fingerprint density at radius 3 is 2.88 bits per heavy atom. The Labute approximate surface area is 107 Å². The zero-order valence-electron chi connectivity index (χ0n) is 10.7. The second-order valence-corrected chi connectivity index (χ2v) is 4.76. The largest absolute Gasteiger partial charge is 0.351 e. The molecule has 0 aliphatic carbocycles. The van der Waals surface area contributed by atoms with Gasteiger partial charge in [-0.3, -0.25) is 9.48 Å². The average molecular weight is 258 g/mol. The van der Waals surface area contributed by atoms with Crippen LogP contribution in [0.2, 0.25) is 0 Å². The van der Waals surface area contributed by atoms with E-state index in [1.54, 1.807) is 17.8 Å². The number of nitrogens with one attached hydrogen (secondary N) is 1. The first-order chi connectivity index (χ1) is 8.04. The summed E-state index contributed by atoms with van der Waals surface area (Å²) in [6.07, 6.45) is 1.99. The second kappa shape index (κ2) is 6.64. The van der Waals surface area contributed by atoms with Gasteiger partial charge in [0.1, 0.15) is 5.69 Å². The van der Waals surface area contributed by atoms with Crippen LogP contribution in [0.25, 0.3) is 0 Å². The van der Waals surface area contributed by atoms with E-state index in [1.165, 1.54) is 0 Å². The molecule has 1 unspecified atom stereocenters. The number of aromatic nitrogens is 2. The van der Waals surface area contributed by atoms with Gasteiger partial charge in [0, 0.05) is 19.5 Å². The van der Waals surface area contributed by atoms with Gasteiger partial charge >= 0.3 is 0 Å². The maximum atomic E-state index is 11.8. The summed E-state index contributed by atoms with van der Waals surface area (Å²) >= 11 is 5.71. The summed E-state index contributed by atoms with van der Waals surface area (Å²) in [6.45, 7) is 4.67. The van der Waals surface area contributed by atoms with Gasteiger partial charge in [-0.05, 0) is 31.7 Å². The van der Waals surface area contributed by atoms with Crippen LogP contribution in [-0.2, 0) is 7.05 Å². The van der Waals surface area contributed by atoms with Gasteiger partial charge < -0.3 is 5.32 Å². The number of halogens is 1. The fraction of sp³-hybridized carbons (Fsp3) is 0.667. The number of amides is 1. The van der Waals surface area contributed by atoms with E-state index in [1.807, 2.05) is 6.92 Å². The molecule has 1 heterocycles. The van der Waals surface area contributed by atoms with Crippen LogP contribution in [0.5, 0.6) is 0 Å². The van der Waals surface area contributed by atoms with Crippen molar-refractivity contribution < 1.29 is 4.79 Å².